The molecule has 1 aromatic rings. The maximum atomic E-state index is 12.2. The van der Waals surface area contributed by atoms with Crippen LogP contribution in [0.3, 0.4) is 0 Å². The van der Waals surface area contributed by atoms with Crippen molar-refractivity contribution in [2.24, 2.45) is 0 Å². The number of hydrogen-bond donors (Lipinski definition) is 2. The lowest BCUT2D eigenvalue weighted by atomic mass is 10.3. The fourth-order valence-electron chi connectivity index (χ4n) is 1.70. The molecule has 1 aromatic heterocycles. The molecule has 1 aliphatic rings. The molecular formula is C9H10BrNO6S. The van der Waals surface area contributed by atoms with Gasteiger partial charge < -0.3 is 14.6 Å². The highest BCUT2D eigenvalue weighted by atomic mass is 79.9. The molecule has 100 valence electrons. The molecular weight excluding hydrogens is 330 g/mol. The molecule has 1 aliphatic heterocycles. The summed E-state index contributed by atoms with van der Waals surface area (Å²) in [7, 11) is -3.85. The molecule has 2 heterocycles. The molecule has 1 atom stereocenters. The summed E-state index contributed by atoms with van der Waals surface area (Å²) in [6.07, 6.45) is -0.329. The Hall–Kier alpha value is -0.900. The highest BCUT2D eigenvalue weighted by molar-refractivity contribution is 9.10. The minimum absolute atomic E-state index is 0.00234. The predicted octanol–water partition coefficient (Wildman–Crippen LogP) is 0.496. The first-order valence-corrected chi connectivity index (χ1v) is 7.26. The average Bonchev–Trinajstić information content (AvgIpc) is 2.85. The van der Waals surface area contributed by atoms with Crippen molar-refractivity contribution in [1.82, 2.24) is 4.31 Å². The number of halogens is 1. The molecule has 1 fully saturated rings. The summed E-state index contributed by atoms with van der Waals surface area (Å²) in [5.41, 5.74) is 0. The van der Waals surface area contributed by atoms with Gasteiger partial charge in [-0.15, -0.1) is 0 Å². The highest BCUT2D eigenvalue weighted by Gasteiger charge is 2.35. The first kappa shape index (κ1) is 13.5. The lowest BCUT2D eigenvalue weighted by Gasteiger charge is -2.14. The molecule has 2 N–H and O–H groups in total. The van der Waals surface area contributed by atoms with Gasteiger partial charge in [-0.1, -0.05) is 0 Å². The number of carboxylic acids is 1. The number of hydrogen-bond acceptors (Lipinski definition) is 5. The van der Waals surface area contributed by atoms with E-state index >= 15 is 0 Å². The van der Waals surface area contributed by atoms with Crippen LogP contribution in [-0.4, -0.2) is 48.1 Å². The molecule has 1 saturated heterocycles. The van der Waals surface area contributed by atoms with E-state index in [1.165, 1.54) is 0 Å². The molecule has 0 aliphatic carbocycles. The number of sulfonamides is 1. The second-order valence-corrected chi connectivity index (χ2v) is 6.49. The van der Waals surface area contributed by atoms with E-state index in [2.05, 4.69) is 15.9 Å². The lowest BCUT2D eigenvalue weighted by Crippen LogP contribution is -2.29. The van der Waals surface area contributed by atoms with Crippen molar-refractivity contribution in [2.45, 2.75) is 17.4 Å². The summed E-state index contributed by atoms with van der Waals surface area (Å²) in [5, 5.41) is 18.1. The molecule has 0 saturated carbocycles. The van der Waals surface area contributed by atoms with E-state index in [4.69, 9.17) is 9.52 Å². The Balaban J connectivity index is 2.38. The minimum atomic E-state index is -3.85. The summed E-state index contributed by atoms with van der Waals surface area (Å²) >= 11 is 2.89. The zero-order chi connectivity index (χ0) is 13.5. The van der Waals surface area contributed by atoms with Crippen LogP contribution in [0.2, 0.25) is 0 Å². The van der Waals surface area contributed by atoms with E-state index in [0.717, 1.165) is 10.4 Å². The first-order chi connectivity index (χ1) is 8.32. The molecule has 2 rings (SSSR count). The van der Waals surface area contributed by atoms with E-state index in [-0.39, 0.29) is 22.7 Å². The topological polar surface area (TPSA) is 108 Å². The van der Waals surface area contributed by atoms with E-state index in [1.54, 1.807) is 0 Å². The normalized spacial score (nSPS) is 21.3. The summed E-state index contributed by atoms with van der Waals surface area (Å²) in [6.45, 7) is 0.200. The largest absolute Gasteiger partial charge is 0.475 e. The maximum Gasteiger partial charge on any atom is 0.371 e. The molecule has 0 bridgehead atoms. The zero-order valence-corrected chi connectivity index (χ0v) is 11.4. The Labute approximate surface area is 111 Å². The van der Waals surface area contributed by atoms with Gasteiger partial charge in [0.15, 0.2) is 4.67 Å². The molecule has 7 nitrogen and oxygen atoms in total. The van der Waals surface area contributed by atoms with E-state index in [9.17, 15) is 18.3 Å². The number of carboxylic acid groups (broad SMARTS) is 1. The first-order valence-electron chi connectivity index (χ1n) is 5.03. The van der Waals surface area contributed by atoms with Gasteiger partial charge in [0.1, 0.15) is 4.90 Å². The third-order valence-electron chi connectivity index (χ3n) is 2.61. The molecule has 0 spiro atoms. The monoisotopic (exact) mass is 339 g/mol. The van der Waals surface area contributed by atoms with Gasteiger partial charge in [-0.3, -0.25) is 0 Å². The second kappa shape index (κ2) is 4.65. The summed E-state index contributed by atoms with van der Waals surface area (Å²) in [4.78, 5) is 10.5. The van der Waals surface area contributed by atoms with Crippen molar-refractivity contribution in [3.63, 3.8) is 0 Å². The zero-order valence-electron chi connectivity index (χ0n) is 9.04. The number of carbonyl (C=O) groups is 1. The van der Waals surface area contributed by atoms with Gasteiger partial charge in [0.25, 0.3) is 0 Å². The van der Waals surface area contributed by atoms with Gasteiger partial charge in [-0.2, -0.15) is 4.31 Å². The minimum Gasteiger partial charge on any atom is -0.475 e. The van der Waals surface area contributed by atoms with Crippen LogP contribution in [-0.2, 0) is 10.0 Å². The van der Waals surface area contributed by atoms with Crippen molar-refractivity contribution >= 4 is 31.9 Å². The SMILES string of the molecule is O=C(O)c1cc(S(=O)(=O)N2CC[C@@H](O)C2)c(Br)o1. The van der Waals surface area contributed by atoms with Crippen molar-refractivity contribution in [2.75, 3.05) is 13.1 Å². The number of nitrogens with zero attached hydrogens (tertiary/aromatic N) is 1. The molecule has 0 radical (unpaired) electrons. The smallest absolute Gasteiger partial charge is 0.371 e. The summed E-state index contributed by atoms with van der Waals surface area (Å²) < 4.78 is 30.1. The van der Waals surface area contributed by atoms with Gasteiger partial charge in [0.2, 0.25) is 15.8 Å². The second-order valence-electron chi connectivity index (χ2n) is 3.86. The van der Waals surface area contributed by atoms with E-state index < -0.39 is 27.9 Å². The van der Waals surface area contributed by atoms with Gasteiger partial charge in [0, 0.05) is 19.2 Å². The van der Waals surface area contributed by atoms with Crippen LogP contribution in [0.15, 0.2) is 20.0 Å². The van der Waals surface area contributed by atoms with Crippen LogP contribution in [0.5, 0.6) is 0 Å². The number of aliphatic hydroxyl groups is 1. The third-order valence-corrected chi connectivity index (χ3v) is 5.33. The van der Waals surface area contributed by atoms with Crippen LogP contribution >= 0.6 is 15.9 Å². The standard InChI is InChI=1S/C9H10BrNO6S/c10-8-7(3-6(17-8)9(13)14)18(15,16)11-2-1-5(12)4-11/h3,5,12H,1-2,4H2,(H,13,14)/t5-/m1/s1. The van der Waals surface area contributed by atoms with Crippen molar-refractivity contribution in [3.05, 3.63) is 16.5 Å². The Morgan fingerprint density at radius 1 is 1.56 bits per heavy atom. The number of furan rings is 1. The Kier molecular flexibility index (Phi) is 3.49. The van der Waals surface area contributed by atoms with Crippen LogP contribution in [0.25, 0.3) is 0 Å². The number of aromatic carboxylic acids is 1. The quantitative estimate of drug-likeness (QED) is 0.829. The molecule has 0 aromatic carbocycles. The van der Waals surface area contributed by atoms with Gasteiger partial charge in [-0.25, -0.2) is 13.2 Å². The van der Waals surface area contributed by atoms with Gasteiger partial charge in [-0.05, 0) is 22.4 Å². The fourth-order valence-corrected chi connectivity index (χ4v) is 4.10. The highest BCUT2D eigenvalue weighted by Crippen LogP contribution is 2.30. The van der Waals surface area contributed by atoms with E-state index in [1.807, 2.05) is 0 Å². The number of β-amino-alcohol motifs (C(OH)–C–C–N with tert-alkyl or cyclic N) is 1. The summed E-state index contributed by atoms with van der Waals surface area (Å²) in [5.74, 6) is -1.81. The molecule has 9 heteroatoms. The van der Waals surface area contributed by atoms with Crippen molar-refractivity contribution in [1.29, 1.82) is 0 Å². The Bertz CT molecular complexity index is 580. The van der Waals surface area contributed by atoms with Crippen LogP contribution in [0, 0.1) is 0 Å². The molecule has 0 amide bonds. The Morgan fingerprint density at radius 2 is 2.22 bits per heavy atom. The average molecular weight is 340 g/mol. The Morgan fingerprint density at radius 3 is 2.67 bits per heavy atom. The number of aliphatic hydroxyl groups excluding tert-OH is 1. The number of rotatable bonds is 3. The van der Waals surface area contributed by atoms with Crippen molar-refractivity contribution in [3.8, 4) is 0 Å². The fraction of sp³-hybridized carbons (Fsp3) is 0.444. The van der Waals surface area contributed by atoms with Gasteiger partial charge >= 0.3 is 5.97 Å². The third kappa shape index (κ3) is 2.30. The molecule has 18 heavy (non-hydrogen) atoms. The van der Waals surface area contributed by atoms with E-state index in [0.29, 0.717) is 6.42 Å². The van der Waals surface area contributed by atoms with Crippen LogP contribution in [0.4, 0.5) is 0 Å². The lowest BCUT2D eigenvalue weighted by molar-refractivity contribution is 0.0661. The molecule has 0 unspecified atom stereocenters. The van der Waals surface area contributed by atoms with Crippen LogP contribution in [0.1, 0.15) is 17.0 Å². The predicted molar refractivity (Wildman–Crippen MR) is 62.7 cm³/mol. The maximum absolute atomic E-state index is 12.2. The van der Waals surface area contributed by atoms with Crippen LogP contribution < -0.4 is 0 Å². The van der Waals surface area contributed by atoms with Crippen molar-refractivity contribution < 1.29 is 27.8 Å². The summed E-state index contributed by atoms with van der Waals surface area (Å²) in [6, 6.07) is 0.951. The van der Waals surface area contributed by atoms with Gasteiger partial charge in [0.05, 0.1) is 6.10 Å².